The van der Waals surface area contributed by atoms with Crippen LogP contribution in [0.3, 0.4) is 0 Å². The summed E-state index contributed by atoms with van der Waals surface area (Å²) in [6.07, 6.45) is 0.557. The summed E-state index contributed by atoms with van der Waals surface area (Å²) in [5.41, 5.74) is 1.70. The molecule has 0 saturated heterocycles. The molecule has 2 rings (SSSR count). The Morgan fingerprint density at radius 1 is 1.05 bits per heavy atom. The molecule has 0 bridgehead atoms. The molecular formula is C16H15Cl3FN. The third-order valence-electron chi connectivity index (χ3n) is 3.17. The van der Waals surface area contributed by atoms with E-state index in [4.69, 9.17) is 34.8 Å². The lowest BCUT2D eigenvalue weighted by atomic mass is 9.98. The zero-order valence-corrected chi connectivity index (χ0v) is 13.7. The topological polar surface area (TPSA) is 12.0 Å². The van der Waals surface area contributed by atoms with Crippen LogP contribution in [0.25, 0.3) is 0 Å². The second kappa shape index (κ2) is 7.46. The molecule has 0 aromatic heterocycles. The van der Waals surface area contributed by atoms with Crippen molar-refractivity contribution in [2.45, 2.75) is 19.4 Å². The van der Waals surface area contributed by atoms with Gasteiger partial charge in [0.2, 0.25) is 0 Å². The van der Waals surface area contributed by atoms with Gasteiger partial charge in [0.15, 0.2) is 0 Å². The van der Waals surface area contributed by atoms with Crippen LogP contribution in [0, 0.1) is 5.82 Å². The van der Waals surface area contributed by atoms with Crippen molar-refractivity contribution in [1.82, 2.24) is 5.32 Å². The summed E-state index contributed by atoms with van der Waals surface area (Å²) < 4.78 is 13.4. The normalized spacial score (nSPS) is 12.4. The Kier molecular flexibility index (Phi) is 5.88. The largest absolute Gasteiger partial charge is 0.310 e. The van der Waals surface area contributed by atoms with Crippen molar-refractivity contribution >= 4 is 34.8 Å². The molecule has 1 unspecified atom stereocenters. The van der Waals surface area contributed by atoms with Crippen LogP contribution in [0.1, 0.15) is 24.1 Å². The molecule has 1 atom stereocenters. The third kappa shape index (κ3) is 4.58. The standard InChI is InChI=1S/C16H15Cl3FN/c1-2-21-16(11-5-12(17)9-13(18)6-11)8-10-7-14(20)3-4-15(10)19/h3-7,9,16,21H,2,8H2,1H3. The maximum Gasteiger partial charge on any atom is 0.123 e. The van der Waals surface area contributed by atoms with Crippen molar-refractivity contribution in [3.05, 3.63) is 68.4 Å². The van der Waals surface area contributed by atoms with Crippen LogP contribution < -0.4 is 5.32 Å². The first-order chi connectivity index (χ1) is 9.99. The van der Waals surface area contributed by atoms with E-state index in [1.807, 2.05) is 19.1 Å². The van der Waals surface area contributed by atoms with Gasteiger partial charge in [0.25, 0.3) is 0 Å². The number of hydrogen-bond donors (Lipinski definition) is 1. The van der Waals surface area contributed by atoms with Crippen LogP contribution in [0.4, 0.5) is 4.39 Å². The molecule has 2 aromatic carbocycles. The molecule has 21 heavy (non-hydrogen) atoms. The molecule has 0 amide bonds. The Bertz CT molecular complexity index is 611. The lowest BCUT2D eigenvalue weighted by molar-refractivity contribution is 0.547. The first kappa shape index (κ1) is 16.6. The van der Waals surface area contributed by atoms with Gasteiger partial charge >= 0.3 is 0 Å². The van der Waals surface area contributed by atoms with Crippen LogP contribution in [0.5, 0.6) is 0 Å². The van der Waals surface area contributed by atoms with Crippen molar-refractivity contribution in [2.24, 2.45) is 0 Å². The first-order valence-corrected chi connectivity index (χ1v) is 7.76. The Balaban J connectivity index is 2.32. The predicted octanol–water partition coefficient (Wildman–Crippen LogP) is 5.68. The van der Waals surface area contributed by atoms with Crippen molar-refractivity contribution in [2.75, 3.05) is 6.54 Å². The van der Waals surface area contributed by atoms with E-state index < -0.39 is 0 Å². The number of rotatable bonds is 5. The average Bonchev–Trinajstić information content (AvgIpc) is 2.41. The van der Waals surface area contributed by atoms with Crippen molar-refractivity contribution in [3.63, 3.8) is 0 Å². The Morgan fingerprint density at radius 3 is 2.33 bits per heavy atom. The van der Waals surface area contributed by atoms with Gasteiger partial charge in [-0.3, -0.25) is 0 Å². The summed E-state index contributed by atoms with van der Waals surface area (Å²) >= 11 is 18.3. The van der Waals surface area contributed by atoms with E-state index >= 15 is 0 Å². The average molecular weight is 347 g/mol. The van der Waals surface area contributed by atoms with Gasteiger partial charge in [0.1, 0.15) is 5.82 Å². The van der Waals surface area contributed by atoms with Gasteiger partial charge in [-0.25, -0.2) is 4.39 Å². The van der Waals surface area contributed by atoms with Crippen LogP contribution in [0.2, 0.25) is 15.1 Å². The highest BCUT2D eigenvalue weighted by atomic mass is 35.5. The molecule has 0 spiro atoms. The molecule has 112 valence electrons. The van der Waals surface area contributed by atoms with E-state index in [9.17, 15) is 4.39 Å². The molecule has 0 radical (unpaired) electrons. The predicted molar refractivity (Wildman–Crippen MR) is 88.0 cm³/mol. The van der Waals surface area contributed by atoms with E-state index in [2.05, 4.69) is 5.32 Å². The zero-order chi connectivity index (χ0) is 15.4. The monoisotopic (exact) mass is 345 g/mol. The van der Waals surface area contributed by atoms with Crippen LogP contribution in [-0.4, -0.2) is 6.54 Å². The number of nitrogens with one attached hydrogen (secondary N) is 1. The Labute approximate surface area is 139 Å². The molecule has 0 saturated carbocycles. The zero-order valence-electron chi connectivity index (χ0n) is 11.5. The van der Waals surface area contributed by atoms with E-state index in [1.165, 1.54) is 12.1 Å². The van der Waals surface area contributed by atoms with E-state index in [0.717, 1.165) is 17.7 Å². The number of benzene rings is 2. The molecule has 2 aromatic rings. The summed E-state index contributed by atoms with van der Waals surface area (Å²) in [7, 11) is 0. The lowest BCUT2D eigenvalue weighted by Gasteiger charge is -2.20. The van der Waals surface area contributed by atoms with Gasteiger partial charge in [-0.1, -0.05) is 41.7 Å². The molecule has 0 aliphatic rings. The van der Waals surface area contributed by atoms with Crippen molar-refractivity contribution in [1.29, 1.82) is 0 Å². The summed E-state index contributed by atoms with van der Waals surface area (Å²) in [4.78, 5) is 0. The van der Waals surface area contributed by atoms with E-state index in [1.54, 1.807) is 12.1 Å². The number of halogens is 4. The van der Waals surface area contributed by atoms with Gasteiger partial charge in [-0.05, 0) is 60.5 Å². The minimum atomic E-state index is -0.297. The number of likely N-dealkylation sites (N-methyl/N-ethyl adjacent to an activating group) is 1. The van der Waals surface area contributed by atoms with Gasteiger partial charge < -0.3 is 5.32 Å². The second-order valence-electron chi connectivity index (χ2n) is 4.75. The first-order valence-electron chi connectivity index (χ1n) is 6.63. The minimum absolute atomic E-state index is 0.0366. The highest BCUT2D eigenvalue weighted by molar-refractivity contribution is 6.34. The molecule has 0 fully saturated rings. The SMILES string of the molecule is CCNC(Cc1cc(F)ccc1Cl)c1cc(Cl)cc(Cl)c1. The summed E-state index contributed by atoms with van der Waals surface area (Å²) in [6, 6.07) is 9.74. The summed E-state index contributed by atoms with van der Waals surface area (Å²) in [5.74, 6) is -0.297. The number of hydrogen-bond acceptors (Lipinski definition) is 1. The third-order valence-corrected chi connectivity index (χ3v) is 3.97. The summed E-state index contributed by atoms with van der Waals surface area (Å²) in [6.45, 7) is 2.77. The quantitative estimate of drug-likeness (QED) is 0.734. The molecule has 1 nitrogen and oxygen atoms in total. The molecule has 0 aliphatic heterocycles. The highest BCUT2D eigenvalue weighted by Crippen LogP contribution is 2.28. The fourth-order valence-corrected chi connectivity index (χ4v) is 2.99. The molecule has 1 N–H and O–H groups in total. The van der Waals surface area contributed by atoms with E-state index in [-0.39, 0.29) is 11.9 Å². The molecule has 0 heterocycles. The maximum absolute atomic E-state index is 13.4. The highest BCUT2D eigenvalue weighted by Gasteiger charge is 2.15. The van der Waals surface area contributed by atoms with Crippen LogP contribution in [0.15, 0.2) is 36.4 Å². The smallest absolute Gasteiger partial charge is 0.123 e. The minimum Gasteiger partial charge on any atom is -0.310 e. The second-order valence-corrected chi connectivity index (χ2v) is 6.03. The van der Waals surface area contributed by atoms with Crippen molar-refractivity contribution in [3.8, 4) is 0 Å². The summed E-state index contributed by atoms with van der Waals surface area (Å²) in [5, 5.41) is 5.05. The fourth-order valence-electron chi connectivity index (χ4n) is 2.25. The molecule has 5 heteroatoms. The maximum atomic E-state index is 13.4. The van der Waals surface area contributed by atoms with Crippen molar-refractivity contribution < 1.29 is 4.39 Å². The Hall–Kier alpha value is -0.800. The van der Waals surface area contributed by atoms with Gasteiger partial charge in [-0.2, -0.15) is 0 Å². The van der Waals surface area contributed by atoms with E-state index in [0.29, 0.717) is 21.5 Å². The lowest BCUT2D eigenvalue weighted by Crippen LogP contribution is -2.23. The van der Waals surface area contributed by atoms with Gasteiger partial charge in [0.05, 0.1) is 0 Å². The molecular weight excluding hydrogens is 332 g/mol. The van der Waals surface area contributed by atoms with Crippen LogP contribution in [-0.2, 0) is 6.42 Å². The van der Waals surface area contributed by atoms with Gasteiger partial charge in [0, 0.05) is 21.1 Å². The van der Waals surface area contributed by atoms with Crippen LogP contribution >= 0.6 is 34.8 Å². The van der Waals surface area contributed by atoms with Gasteiger partial charge in [-0.15, -0.1) is 0 Å². The molecule has 0 aliphatic carbocycles. The Morgan fingerprint density at radius 2 is 1.71 bits per heavy atom. The fraction of sp³-hybridized carbons (Fsp3) is 0.250.